The van der Waals surface area contributed by atoms with E-state index in [0.717, 1.165) is 12.8 Å². The van der Waals surface area contributed by atoms with Crippen LogP contribution in [0.1, 0.15) is 47.6 Å². The molecule has 0 atom stereocenters. The fourth-order valence-electron chi connectivity index (χ4n) is 2.33. The predicted molar refractivity (Wildman–Crippen MR) is 68.4 cm³/mol. The Hall–Kier alpha value is -1.34. The molecule has 1 aliphatic rings. The number of hydrogen-bond donors (Lipinski definition) is 2. The maximum absolute atomic E-state index is 12.0. The molecule has 0 amide bonds. The van der Waals surface area contributed by atoms with Crippen LogP contribution >= 0.6 is 0 Å². The number of carboxylic acids is 1. The van der Waals surface area contributed by atoms with Crippen molar-refractivity contribution < 1.29 is 22.7 Å². The summed E-state index contributed by atoms with van der Waals surface area (Å²) in [5.41, 5.74) is 0.0649. The smallest absolute Gasteiger partial charge is 0.339 e. The van der Waals surface area contributed by atoms with Crippen molar-refractivity contribution in [1.29, 1.82) is 0 Å². The van der Waals surface area contributed by atoms with Crippen molar-refractivity contribution in [2.45, 2.75) is 44.4 Å². The SMILES string of the molecule is Cc1oc(CNS(=O)(=O)C2CCCC2)cc1C(=O)O. The van der Waals surface area contributed by atoms with Crippen molar-refractivity contribution >= 4 is 16.0 Å². The second-order valence-electron chi connectivity index (χ2n) is 4.76. The third-order valence-electron chi connectivity index (χ3n) is 3.39. The van der Waals surface area contributed by atoms with Gasteiger partial charge in [0.2, 0.25) is 10.0 Å². The minimum absolute atomic E-state index is 0.00699. The summed E-state index contributed by atoms with van der Waals surface area (Å²) in [5, 5.41) is 8.55. The van der Waals surface area contributed by atoms with Crippen LogP contribution in [0.3, 0.4) is 0 Å². The summed E-state index contributed by atoms with van der Waals surface area (Å²) in [6.07, 6.45) is 3.25. The number of sulfonamides is 1. The van der Waals surface area contributed by atoms with Crippen LogP contribution in [0, 0.1) is 6.92 Å². The molecule has 1 saturated carbocycles. The van der Waals surface area contributed by atoms with Crippen LogP contribution in [0.5, 0.6) is 0 Å². The molecule has 0 spiro atoms. The van der Waals surface area contributed by atoms with E-state index in [9.17, 15) is 13.2 Å². The molecule has 1 aliphatic carbocycles. The average Bonchev–Trinajstić information content (AvgIpc) is 2.95. The molecular formula is C12H17NO5S. The van der Waals surface area contributed by atoms with Crippen molar-refractivity contribution in [2.75, 3.05) is 0 Å². The van der Waals surface area contributed by atoms with E-state index in [2.05, 4.69) is 4.72 Å². The summed E-state index contributed by atoms with van der Waals surface area (Å²) in [7, 11) is -3.34. The van der Waals surface area contributed by atoms with Crippen LogP contribution in [-0.2, 0) is 16.6 Å². The molecule has 0 aliphatic heterocycles. The molecule has 6 nitrogen and oxygen atoms in total. The van der Waals surface area contributed by atoms with Gasteiger partial charge in [0.25, 0.3) is 0 Å². The number of nitrogens with one attached hydrogen (secondary N) is 1. The van der Waals surface area contributed by atoms with Gasteiger partial charge in [0.15, 0.2) is 0 Å². The van der Waals surface area contributed by atoms with Gasteiger partial charge in [-0.15, -0.1) is 0 Å². The standard InChI is InChI=1S/C12H17NO5S/c1-8-11(12(14)15)6-9(18-8)7-13-19(16,17)10-4-2-3-5-10/h6,10,13H,2-5,7H2,1H3,(H,14,15). The summed E-state index contributed by atoms with van der Waals surface area (Å²) in [5.74, 6) is -0.481. The van der Waals surface area contributed by atoms with E-state index >= 15 is 0 Å². The number of aryl methyl sites for hydroxylation is 1. The maximum Gasteiger partial charge on any atom is 0.339 e. The highest BCUT2D eigenvalue weighted by atomic mass is 32.2. The molecule has 2 rings (SSSR count). The molecule has 2 N–H and O–H groups in total. The summed E-state index contributed by atoms with van der Waals surface area (Å²) in [6.45, 7) is 1.53. The number of aromatic carboxylic acids is 1. The topological polar surface area (TPSA) is 96.6 Å². The van der Waals surface area contributed by atoms with E-state index in [4.69, 9.17) is 9.52 Å². The van der Waals surface area contributed by atoms with Crippen LogP contribution in [0.2, 0.25) is 0 Å². The first-order chi connectivity index (χ1) is 8.90. The van der Waals surface area contributed by atoms with E-state index in [1.807, 2.05) is 0 Å². The minimum Gasteiger partial charge on any atom is -0.478 e. The highest BCUT2D eigenvalue weighted by Gasteiger charge is 2.28. The fraction of sp³-hybridized carbons (Fsp3) is 0.583. The van der Waals surface area contributed by atoms with Crippen LogP contribution in [0.4, 0.5) is 0 Å². The molecule has 1 fully saturated rings. The predicted octanol–water partition coefficient (Wildman–Crippen LogP) is 1.65. The van der Waals surface area contributed by atoms with Crippen molar-refractivity contribution in [3.05, 3.63) is 23.2 Å². The highest BCUT2D eigenvalue weighted by Crippen LogP contribution is 2.24. The van der Waals surface area contributed by atoms with Crippen LogP contribution < -0.4 is 4.72 Å². The largest absolute Gasteiger partial charge is 0.478 e. The van der Waals surface area contributed by atoms with E-state index < -0.39 is 16.0 Å². The van der Waals surface area contributed by atoms with Gasteiger partial charge < -0.3 is 9.52 Å². The quantitative estimate of drug-likeness (QED) is 0.858. The number of rotatable bonds is 5. The summed E-state index contributed by atoms with van der Waals surface area (Å²) < 4.78 is 31.6. The number of furan rings is 1. The molecule has 1 heterocycles. The zero-order valence-electron chi connectivity index (χ0n) is 10.7. The second-order valence-corrected chi connectivity index (χ2v) is 6.81. The van der Waals surface area contributed by atoms with E-state index in [0.29, 0.717) is 18.6 Å². The number of carbonyl (C=O) groups is 1. The van der Waals surface area contributed by atoms with Crippen LogP contribution in [0.15, 0.2) is 10.5 Å². The van der Waals surface area contributed by atoms with Gasteiger partial charge in [0.1, 0.15) is 17.1 Å². The monoisotopic (exact) mass is 287 g/mol. The number of carboxylic acid groups (broad SMARTS) is 1. The van der Waals surface area contributed by atoms with Gasteiger partial charge in [-0.3, -0.25) is 0 Å². The lowest BCUT2D eigenvalue weighted by Crippen LogP contribution is -2.32. The van der Waals surface area contributed by atoms with Gasteiger partial charge in [-0.2, -0.15) is 0 Å². The third kappa shape index (κ3) is 3.16. The minimum atomic E-state index is -3.34. The number of hydrogen-bond acceptors (Lipinski definition) is 4. The van der Waals surface area contributed by atoms with Gasteiger partial charge in [0, 0.05) is 0 Å². The fourth-order valence-corrected chi connectivity index (χ4v) is 3.86. The molecule has 0 aromatic carbocycles. The van der Waals surface area contributed by atoms with Gasteiger partial charge in [-0.25, -0.2) is 17.9 Å². The van der Waals surface area contributed by atoms with E-state index in [-0.39, 0.29) is 23.1 Å². The Kier molecular flexibility index (Phi) is 3.96. The van der Waals surface area contributed by atoms with Gasteiger partial charge in [0.05, 0.1) is 11.8 Å². The summed E-state index contributed by atoms with van der Waals surface area (Å²) in [4.78, 5) is 10.8. The molecule has 0 saturated heterocycles. The zero-order valence-corrected chi connectivity index (χ0v) is 11.5. The van der Waals surface area contributed by atoms with Crippen LogP contribution in [0.25, 0.3) is 0 Å². The Morgan fingerprint density at radius 2 is 2.11 bits per heavy atom. The van der Waals surface area contributed by atoms with E-state index in [1.165, 1.54) is 6.07 Å². The molecule has 1 aromatic rings. The first-order valence-electron chi connectivity index (χ1n) is 6.21. The van der Waals surface area contributed by atoms with Crippen molar-refractivity contribution in [2.24, 2.45) is 0 Å². The highest BCUT2D eigenvalue weighted by molar-refractivity contribution is 7.90. The van der Waals surface area contributed by atoms with Gasteiger partial charge in [-0.05, 0) is 25.8 Å². The summed E-state index contributed by atoms with van der Waals surface area (Å²) >= 11 is 0. The van der Waals surface area contributed by atoms with E-state index in [1.54, 1.807) is 6.92 Å². The Morgan fingerprint density at radius 1 is 1.47 bits per heavy atom. The summed E-state index contributed by atoms with van der Waals surface area (Å²) in [6, 6.07) is 1.36. The lowest BCUT2D eigenvalue weighted by atomic mass is 10.2. The first kappa shape index (κ1) is 14.1. The lowest BCUT2D eigenvalue weighted by molar-refractivity contribution is 0.0695. The van der Waals surface area contributed by atoms with Gasteiger partial charge >= 0.3 is 5.97 Å². The Morgan fingerprint density at radius 3 is 2.63 bits per heavy atom. The lowest BCUT2D eigenvalue weighted by Gasteiger charge is -2.11. The molecule has 19 heavy (non-hydrogen) atoms. The van der Waals surface area contributed by atoms with Crippen molar-refractivity contribution in [3.63, 3.8) is 0 Å². The third-order valence-corrected chi connectivity index (χ3v) is 5.28. The zero-order chi connectivity index (χ0) is 14.0. The Labute approximate surface area is 111 Å². The first-order valence-corrected chi connectivity index (χ1v) is 7.76. The molecule has 1 aromatic heterocycles. The molecule has 106 valence electrons. The average molecular weight is 287 g/mol. The van der Waals surface area contributed by atoms with Crippen LogP contribution in [-0.4, -0.2) is 24.7 Å². The maximum atomic E-state index is 12.0. The van der Waals surface area contributed by atoms with Crippen molar-refractivity contribution in [1.82, 2.24) is 4.72 Å². The molecular weight excluding hydrogens is 270 g/mol. The molecule has 0 bridgehead atoms. The molecule has 7 heteroatoms. The molecule has 0 radical (unpaired) electrons. The normalized spacial score (nSPS) is 16.9. The van der Waals surface area contributed by atoms with Crippen molar-refractivity contribution in [3.8, 4) is 0 Å². The molecule has 0 unspecified atom stereocenters. The Balaban J connectivity index is 2.02. The second kappa shape index (κ2) is 5.34. The Bertz CT molecular complexity index is 569. The van der Waals surface area contributed by atoms with Gasteiger partial charge in [-0.1, -0.05) is 12.8 Å².